The summed E-state index contributed by atoms with van der Waals surface area (Å²) in [5, 5.41) is 18.4. The van der Waals surface area contributed by atoms with Gasteiger partial charge in [-0.05, 0) is 13.0 Å². The van der Waals surface area contributed by atoms with Crippen molar-refractivity contribution in [1.82, 2.24) is 10.2 Å². The number of benzene rings is 1. The number of thioether (sulfide) groups is 1. The Morgan fingerprint density at radius 2 is 2.16 bits per heavy atom. The van der Waals surface area contributed by atoms with Crippen LogP contribution in [0.3, 0.4) is 0 Å². The number of hydrogen-bond donors (Lipinski definition) is 1. The summed E-state index contributed by atoms with van der Waals surface area (Å²) in [6, 6.07) is 3.59. The number of nitro groups is 1. The number of aryl methyl sites for hydroxylation is 1. The van der Waals surface area contributed by atoms with Gasteiger partial charge in [-0.15, -0.1) is 10.2 Å². The molecule has 25 heavy (non-hydrogen) atoms. The van der Waals surface area contributed by atoms with Crippen LogP contribution < -0.4 is 4.72 Å². The number of nitrogens with zero attached hydrogens (tertiary/aromatic N) is 3. The van der Waals surface area contributed by atoms with E-state index in [9.17, 15) is 23.3 Å². The van der Waals surface area contributed by atoms with Crippen LogP contribution in [0.5, 0.6) is 0 Å². The van der Waals surface area contributed by atoms with Crippen LogP contribution in [0.2, 0.25) is 0 Å². The lowest BCUT2D eigenvalue weighted by atomic mass is 10.2. The van der Waals surface area contributed by atoms with E-state index in [1.165, 1.54) is 26.2 Å². The zero-order valence-corrected chi connectivity index (χ0v) is 15.4. The van der Waals surface area contributed by atoms with Crippen molar-refractivity contribution in [3.8, 4) is 0 Å². The number of carbonyl (C=O) groups is 1. The highest BCUT2D eigenvalue weighted by molar-refractivity contribution is 8.01. The van der Waals surface area contributed by atoms with E-state index in [2.05, 4.69) is 19.7 Å². The lowest BCUT2D eigenvalue weighted by molar-refractivity contribution is -0.385. The Morgan fingerprint density at radius 1 is 1.44 bits per heavy atom. The van der Waals surface area contributed by atoms with E-state index < -0.39 is 20.9 Å². The van der Waals surface area contributed by atoms with E-state index in [0.717, 1.165) is 29.2 Å². The summed E-state index contributed by atoms with van der Waals surface area (Å²) in [7, 11) is -2.80. The van der Waals surface area contributed by atoms with Crippen molar-refractivity contribution in [2.24, 2.45) is 0 Å². The number of ether oxygens (including phenoxy) is 1. The van der Waals surface area contributed by atoms with Gasteiger partial charge >= 0.3 is 5.97 Å². The van der Waals surface area contributed by atoms with Crippen molar-refractivity contribution in [2.45, 2.75) is 16.2 Å². The lowest BCUT2D eigenvalue weighted by Gasteiger charge is -2.05. The number of rotatable bonds is 7. The zero-order valence-electron chi connectivity index (χ0n) is 13.0. The van der Waals surface area contributed by atoms with Gasteiger partial charge in [0.15, 0.2) is 4.34 Å². The van der Waals surface area contributed by atoms with Gasteiger partial charge in [-0.1, -0.05) is 29.2 Å². The van der Waals surface area contributed by atoms with Crippen LogP contribution >= 0.6 is 23.1 Å². The third-order valence-corrected chi connectivity index (χ3v) is 6.27. The highest BCUT2D eigenvalue weighted by Crippen LogP contribution is 2.28. The molecule has 0 amide bonds. The third-order valence-electron chi connectivity index (χ3n) is 2.86. The number of nitrogens with one attached hydrogen (secondary N) is 1. The molecule has 0 aliphatic rings. The molecule has 0 spiro atoms. The van der Waals surface area contributed by atoms with Crippen LogP contribution in [0.15, 0.2) is 27.4 Å². The van der Waals surface area contributed by atoms with Crippen molar-refractivity contribution >= 4 is 49.9 Å². The van der Waals surface area contributed by atoms with Gasteiger partial charge in [0.2, 0.25) is 5.13 Å². The number of carbonyl (C=O) groups excluding carboxylic acids is 1. The SMILES string of the molecule is COC(=O)CSc1nnc(NS(=O)(=O)c2ccc(C)c([N+](=O)[O-])c2)s1. The number of methoxy groups -OCH3 is 1. The van der Waals surface area contributed by atoms with Crippen LogP contribution in [0.1, 0.15) is 5.56 Å². The number of sulfonamides is 1. The Morgan fingerprint density at radius 3 is 2.80 bits per heavy atom. The first-order valence-corrected chi connectivity index (χ1v) is 9.82. The van der Waals surface area contributed by atoms with Crippen LogP contribution in [0, 0.1) is 17.0 Å². The highest BCUT2D eigenvalue weighted by Gasteiger charge is 2.21. The van der Waals surface area contributed by atoms with Gasteiger partial charge < -0.3 is 4.74 Å². The standard InChI is InChI=1S/C12H12N4O6S3/c1-7-3-4-8(5-9(7)16(18)19)25(20,21)15-11-13-14-12(24-11)23-6-10(17)22-2/h3-5H,6H2,1-2H3,(H,13,15). The normalized spacial score (nSPS) is 11.1. The molecule has 0 saturated carbocycles. The molecule has 2 rings (SSSR count). The van der Waals surface area contributed by atoms with Crippen molar-refractivity contribution in [3.05, 3.63) is 33.9 Å². The minimum atomic E-state index is -4.06. The van der Waals surface area contributed by atoms with Crippen LogP contribution in [-0.4, -0.2) is 42.4 Å². The molecule has 0 radical (unpaired) electrons. The molecule has 0 unspecified atom stereocenters. The molecule has 0 atom stereocenters. The van der Waals surface area contributed by atoms with E-state index in [1.54, 1.807) is 0 Å². The second kappa shape index (κ2) is 7.76. The molecule has 134 valence electrons. The number of hydrogen-bond acceptors (Lipinski definition) is 10. The predicted molar refractivity (Wildman–Crippen MR) is 91.3 cm³/mol. The van der Waals surface area contributed by atoms with Crippen LogP contribution in [0.4, 0.5) is 10.8 Å². The molecule has 10 nitrogen and oxygen atoms in total. The van der Waals surface area contributed by atoms with Gasteiger partial charge in [-0.3, -0.25) is 19.6 Å². The summed E-state index contributed by atoms with van der Waals surface area (Å²) >= 11 is 1.98. The summed E-state index contributed by atoms with van der Waals surface area (Å²) in [5.74, 6) is -0.434. The topological polar surface area (TPSA) is 141 Å². The minimum Gasteiger partial charge on any atom is -0.468 e. The number of anilines is 1. The maximum Gasteiger partial charge on any atom is 0.316 e. The summed E-state index contributed by atoms with van der Waals surface area (Å²) < 4.78 is 31.7. The molecular formula is C12H12N4O6S3. The molecule has 0 aliphatic heterocycles. The predicted octanol–water partition coefficient (Wildman–Crippen LogP) is 1.82. The second-order valence-electron chi connectivity index (χ2n) is 4.55. The number of aromatic nitrogens is 2. The first-order chi connectivity index (χ1) is 11.7. The van der Waals surface area contributed by atoms with Gasteiger partial charge in [0, 0.05) is 11.6 Å². The van der Waals surface area contributed by atoms with Gasteiger partial charge in [-0.25, -0.2) is 8.42 Å². The summed E-state index contributed by atoms with van der Waals surface area (Å²) in [6.07, 6.45) is 0. The minimum absolute atomic E-state index is 0.0159. The van der Waals surface area contributed by atoms with Crippen molar-refractivity contribution in [2.75, 3.05) is 17.6 Å². The highest BCUT2D eigenvalue weighted by atomic mass is 32.2. The van der Waals surface area contributed by atoms with E-state index >= 15 is 0 Å². The molecule has 0 fully saturated rings. The maximum absolute atomic E-state index is 12.3. The van der Waals surface area contributed by atoms with E-state index in [0.29, 0.717) is 9.90 Å². The largest absolute Gasteiger partial charge is 0.468 e. The maximum atomic E-state index is 12.3. The molecular weight excluding hydrogens is 392 g/mol. The fourth-order valence-electron chi connectivity index (χ4n) is 1.62. The zero-order chi connectivity index (χ0) is 18.6. The smallest absolute Gasteiger partial charge is 0.316 e. The number of esters is 1. The van der Waals surface area contributed by atoms with Crippen molar-refractivity contribution < 1.29 is 22.9 Å². The summed E-state index contributed by atoms with van der Waals surface area (Å²) in [5.41, 5.74) is 0.0517. The average Bonchev–Trinajstić information content (AvgIpc) is 2.99. The molecule has 0 aliphatic carbocycles. The Kier molecular flexibility index (Phi) is 5.92. The Bertz CT molecular complexity index is 911. The van der Waals surface area contributed by atoms with E-state index in [-0.39, 0.29) is 21.5 Å². The molecule has 2 aromatic rings. The number of nitro benzene ring substituents is 1. The fourth-order valence-corrected chi connectivity index (χ4v) is 4.45. The fraction of sp³-hybridized carbons (Fsp3) is 0.250. The molecule has 1 heterocycles. The van der Waals surface area contributed by atoms with Crippen LogP contribution in [-0.2, 0) is 19.6 Å². The second-order valence-corrected chi connectivity index (χ2v) is 8.43. The third kappa shape index (κ3) is 4.87. The summed E-state index contributed by atoms with van der Waals surface area (Å²) in [6.45, 7) is 1.51. The molecule has 0 bridgehead atoms. The first kappa shape index (κ1) is 19.1. The van der Waals surface area contributed by atoms with Crippen molar-refractivity contribution in [3.63, 3.8) is 0 Å². The Labute approximate surface area is 150 Å². The monoisotopic (exact) mass is 404 g/mol. The average molecular weight is 404 g/mol. The van der Waals surface area contributed by atoms with Gasteiger partial charge in [0.25, 0.3) is 15.7 Å². The van der Waals surface area contributed by atoms with Gasteiger partial charge in [0.05, 0.1) is 22.7 Å². The molecule has 1 aromatic carbocycles. The Balaban J connectivity index is 2.17. The van der Waals surface area contributed by atoms with E-state index in [1.807, 2.05) is 0 Å². The Hall–Kier alpha value is -2.25. The lowest BCUT2D eigenvalue weighted by Crippen LogP contribution is -2.13. The molecule has 13 heteroatoms. The van der Waals surface area contributed by atoms with Gasteiger partial charge in [0.1, 0.15) is 0 Å². The van der Waals surface area contributed by atoms with Gasteiger partial charge in [-0.2, -0.15) is 0 Å². The first-order valence-electron chi connectivity index (χ1n) is 6.54. The molecule has 0 saturated heterocycles. The molecule has 1 aromatic heterocycles. The van der Waals surface area contributed by atoms with Crippen LogP contribution in [0.25, 0.3) is 0 Å². The van der Waals surface area contributed by atoms with E-state index in [4.69, 9.17) is 0 Å². The van der Waals surface area contributed by atoms with Crippen molar-refractivity contribution in [1.29, 1.82) is 0 Å². The molecule has 1 N–H and O–H groups in total. The quantitative estimate of drug-likeness (QED) is 0.316. The summed E-state index contributed by atoms with van der Waals surface area (Å²) in [4.78, 5) is 21.1.